The van der Waals surface area contributed by atoms with E-state index in [2.05, 4.69) is 37.8 Å². The maximum Gasteiger partial charge on any atom is 0.229 e. The molecule has 0 radical (unpaired) electrons. The van der Waals surface area contributed by atoms with Gasteiger partial charge in [-0.25, -0.2) is 0 Å². The van der Waals surface area contributed by atoms with Gasteiger partial charge in [-0.05, 0) is 24.8 Å². The molecule has 1 saturated heterocycles. The van der Waals surface area contributed by atoms with Crippen molar-refractivity contribution < 1.29 is 4.79 Å². The number of likely N-dealkylation sites (N-methyl/N-ethyl adjacent to an activating group) is 1. The smallest absolute Gasteiger partial charge is 0.229 e. The molecule has 1 fully saturated rings. The molecule has 2 atom stereocenters. The van der Waals surface area contributed by atoms with Crippen LogP contribution in [0.15, 0.2) is 43.0 Å². The fourth-order valence-corrected chi connectivity index (χ4v) is 3.71. The lowest BCUT2D eigenvalue weighted by Gasteiger charge is -2.33. The Morgan fingerprint density at radius 1 is 1.33 bits per heavy atom. The average molecular weight is 285 g/mol. The molecule has 0 saturated carbocycles. The Morgan fingerprint density at radius 3 is 2.67 bits per heavy atom. The minimum Gasteiger partial charge on any atom is -0.345 e. The highest BCUT2D eigenvalue weighted by molar-refractivity contribution is 5.86. The van der Waals surface area contributed by atoms with Gasteiger partial charge in [-0.2, -0.15) is 0 Å². The maximum absolute atomic E-state index is 12.9. The van der Waals surface area contributed by atoms with E-state index in [1.165, 1.54) is 5.56 Å². The second-order valence-corrected chi connectivity index (χ2v) is 6.24. The Labute approximate surface area is 128 Å². The molecule has 1 amide bonds. The molecule has 114 valence electrons. The van der Waals surface area contributed by atoms with Gasteiger partial charge in [0.2, 0.25) is 5.91 Å². The number of hydrogen-bond acceptors (Lipinski definition) is 1. The summed E-state index contributed by atoms with van der Waals surface area (Å²) in [5.41, 5.74) is 1.07. The van der Waals surface area contributed by atoms with Crippen molar-refractivity contribution in [1.82, 2.24) is 4.90 Å². The number of allylic oxidation sites excluding steroid dienone is 1. The van der Waals surface area contributed by atoms with Crippen molar-refractivity contribution in [2.45, 2.75) is 44.9 Å². The first-order chi connectivity index (χ1) is 10.2. The topological polar surface area (TPSA) is 20.3 Å². The minimum absolute atomic E-state index is 0.236. The van der Waals surface area contributed by atoms with Crippen molar-refractivity contribution in [3.05, 3.63) is 48.6 Å². The van der Waals surface area contributed by atoms with Gasteiger partial charge in [-0.3, -0.25) is 4.79 Å². The summed E-state index contributed by atoms with van der Waals surface area (Å²) in [5.74, 6) is 0.634. The van der Waals surface area contributed by atoms with Gasteiger partial charge in [0.15, 0.2) is 0 Å². The Balaban J connectivity index is 2.38. The molecule has 1 aromatic carbocycles. The summed E-state index contributed by atoms with van der Waals surface area (Å²) < 4.78 is 0. The zero-order valence-electron chi connectivity index (χ0n) is 13.3. The van der Waals surface area contributed by atoms with E-state index in [9.17, 15) is 4.79 Å². The molecule has 21 heavy (non-hydrogen) atoms. The van der Waals surface area contributed by atoms with E-state index in [1.807, 2.05) is 24.1 Å². The van der Waals surface area contributed by atoms with Crippen LogP contribution in [-0.4, -0.2) is 24.4 Å². The number of hydrogen-bond donors (Lipinski definition) is 0. The third-order valence-electron chi connectivity index (χ3n) is 4.87. The molecule has 0 spiro atoms. The predicted octanol–water partition coefficient (Wildman–Crippen LogP) is 4.39. The predicted molar refractivity (Wildman–Crippen MR) is 88.2 cm³/mol. The normalized spacial score (nSPS) is 25.3. The number of carbonyl (C=O) groups excluding carboxylic acids is 1. The first kappa shape index (κ1) is 15.8. The fraction of sp³-hybridized carbons (Fsp3) is 0.526. The quantitative estimate of drug-likeness (QED) is 0.681. The van der Waals surface area contributed by atoms with Crippen molar-refractivity contribution in [2.75, 3.05) is 13.6 Å². The molecule has 2 heteroatoms. The zero-order chi connectivity index (χ0) is 15.3. The van der Waals surface area contributed by atoms with E-state index >= 15 is 0 Å². The molecular weight excluding hydrogens is 258 g/mol. The van der Waals surface area contributed by atoms with E-state index < -0.39 is 0 Å². The summed E-state index contributed by atoms with van der Waals surface area (Å²) in [6, 6.07) is 10.5. The lowest BCUT2D eigenvalue weighted by molar-refractivity contribution is -0.136. The van der Waals surface area contributed by atoms with E-state index in [0.29, 0.717) is 11.8 Å². The second-order valence-electron chi connectivity index (χ2n) is 6.24. The molecule has 1 aliphatic heterocycles. The van der Waals surface area contributed by atoms with E-state index in [1.54, 1.807) is 0 Å². The number of rotatable bonds is 7. The Kier molecular flexibility index (Phi) is 5.22. The number of benzene rings is 1. The van der Waals surface area contributed by atoms with E-state index in [0.717, 1.165) is 38.6 Å². The number of carbonyl (C=O) groups is 1. The molecule has 0 N–H and O–H groups in total. The molecule has 2 nitrogen and oxygen atoms in total. The standard InChI is InChI=1S/C19H27NO/c1-4-6-13-19(14-7-5-2)17(15-20(3)18(19)21)16-11-9-8-10-12-16/h4,8-12,17H,1,5-7,13-15H2,2-3H3. The Bertz CT molecular complexity index is 482. The van der Waals surface area contributed by atoms with E-state index in [-0.39, 0.29) is 5.41 Å². The lowest BCUT2D eigenvalue weighted by atomic mass is 9.68. The number of amides is 1. The van der Waals surface area contributed by atoms with Crippen molar-refractivity contribution in [1.29, 1.82) is 0 Å². The molecule has 1 aromatic rings. The van der Waals surface area contributed by atoms with Crippen LogP contribution >= 0.6 is 0 Å². The zero-order valence-corrected chi connectivity index (χ0v) is 13.3. The van der Waals surface area contributed by atoms with Gasteiger partial charge in [0, 0.05) is 19.5 Å². The molecule has 0 aromatic heterocycles. The van der Waals surface area contributed by atoms with Crippen molar-refractivity contribution in [3.63, 3.8) is 0 Å². The second kappa shape index (κ2) is 6.93. The summed E-state index contributed by atoms with van der Waals surface area (Å²) in [7, 11) is 1.94. The van der Waals surface area contributed by atoms with Gasteiger partial charge < -0.3 is 4.90 Å². The van der Waals surface area contributed by atoms with Gasteiger partial charge in [-0.15, -0.1) is 6.58 Å². The number of unbranched alkanes of at least 4 members (excludes halogenated alkanes) is 1. The largest absolute Gasteiger partial charge is 0.345 e. The van der Waals surface area contributed by atoms with Crippen LogP contribution in [0.25, 0.3) is 0 Å². The lowest BCUT2D eigenvalue weighted by Crippen LogP contribution is -2.35. The number of nitrogens with zero attached hydrogens (tertiary/aromatic N) is 1. The van der Waals surface area contributed by atoms with Gasteiger partial charge >= 0.3 is 0 Å². The summed E-state index contributed by atoms with van der Waals surface area (Å²) in [4.78, 5) is 14.8. The summed E-state index contributed by atoms with van der Waals surface area (Å²) >= 11 is 0. The monoisotopic (exact) mass is 285 g/mol. The van der Waals surface area contributed by atoms with Crippen LogP contribution in [0.5, 0.6) is 0 Å². The molecule has 1 heterocycles. The van der Waals surface area contributed by atoms with Crippen LogP contribution in [-0.2, 0) is 4.79 Å². The molecule has 1 aliphatic rings. The first-order valence-corrected chi connectivity index (χ1v) is 8.07. The molecule has 0 aliphatic carbocycles. The van der Waals surface area contributed by atoms with E-state index in [4.69, 9.17) is 0 Å². The first-order valence-electron chi connectivity index (χ1n) is 8.07. The highest BCUT2D eigenvalue weighted by Gasteiger charge is 2.51. The van der Waals surface area contributed by atoms with Crippen LogP contribution in [0.2, 0.25) is 0 Å². The van der Waals surface area contributed by atoms with Gasteiger partial charge in [-0.1, -0.05) is 56.2 Å². The number of likely N-dealkylation sites (tertiary alicyclic amines) is 1. The van der Waals surface area contributed by atoms with Gasteiger partial charge in [0.25, 0.3) is 0 Å². The fourth-order valence-electron chi connectivity index (χ4n) is 3.71. The maximum atomic E-state index is 12.9. The molecule has 2 rings (SSSR count). The van der Waals surface area contributed by atoms with Gasteiger partial charge in [0.05, 0.1) is 5.41 Å². The van der Waals surface area contributed by atoms with Crippen LogP contribution in [0.1, 0.15) is 50.5 Å². The Morgan fingerprint density at radius 2 is 2.05 bits per heavy atom. The van der Waals surface area contributed by atoms with Crippen molar-refractivity contribution in [3.8, 4) is 0 Å². The minimum atomic E-state index is -0.236. The summed E-state index contributed by atoms with van der Waals surface area (Å²) in [5, 5.41) is 0. The summed E-state index contributed by atoms with van der Waals surface area (Å²) in [6.45, 7) is 6.88. The molecule has 2 unspecified atom stereocenters. The Hall–Kier alpha value is -1.57. The van der Waals surface area contributed by atoms with Crippen molar-refractivity contribution >= 4 is 5.91 Å². The SMILES string of the molecule is C=CCCC1(CCCC)C(=O)N(C)CC1c1ccccc1. The average Bonchev–Trinajstić information content (AvgIpc) is 2.77. The van der Waals surface area contributed by atoms with Crippen molar-refractivity contribution in [2.24, 2.45) is 5.41 Å². The highest BCUT2D eigenvalue weighted by Crippen LogP contribution is 2.50. The third kappa shape index (κ3) is 3.04. The van der Waals surface area contributed by atoms with Gasteiger partial charge in [0.1, 0.15) is 0 Å². The highest BCUT2D eigenvalue weighted by atomic mass is 16.2. The third-order valence-corrected chi connectivity index (χ3v) is 4.87. The molecular formula is C19H27NO. The van der Waals surface area contributed by atoms with Crippen LogP contribution < -0.4 is 0 Å². The van der Waals surface area contributed by atoms with Crippen LogP contribution in [0.4, 0.5) is 0 Å². The summed E-state index contributed by atoms with van der Waals surface area (Å²) in [6.07, 6.45) is 7.00. The van der Waals surface area contributed by atoms with Crippen LogP contribution in [0.3, 0.4) is 0 Å². The molecule has 0 bridgehead atoms. The van der Waals surface area contributed by atoms with Crippen LogP contribution in [0, 0.1) is 5.41 Å².